The van der Waals surface area contributed by atoms with Gasteiger partial charge in [-0.1, -0.05) is 13.3 Å². The molecule has 2 unspecified atom stereocenters. The molecule has 2 N–H and O–H groups in total. The summed E-state index contributed by atoms with van der Waals surface area (Å²) in [4.78, 5) is 12.0. The lowest BCUT2D eigenvalue weighted by molar-refractivity contribution is 0.0929. The average molecular weight is 298 g/mol. The van der Waals surface area contributed by atoms with Gasteiger partial charge in [-0.2, -0.15) is 0 Å². The second-order valence-electron chi connectivity index (χ2n) is 4.65. The van der Waals surface area contributed by atoms with Crippen molar-refractivity contribution < 1.29 is 9.90 Å². The molecule has 0 heterocycles. The van der Waals surface area contributed by atoms with E-state index in [2.05, 4.69) is 28.2 Å². The minimum atomic E-state index is -0.105. The van der Waals surface area contributed by atoms with Crippen molar-refractivity contribution >= 4 is 21.8 Å². The minimum absolute atomic E-state index is 0.0946. The van der Waals surface area contributed by atoms with Crippen LogP contribution in [-0.4, -0.2) is 17.1 Å². The van der Waals surface area contributed by atoms with E-state index >= 15 is 0 Å². The first-order valence-electron chi connectivity index (χ1n) is 5.87. The number of hydrogen-bond acceptors (Lipinski definition) is 2. The fourth-order valence-electron chi connectivity index (χ4n) is 2.27. The van der Waals surface area contributed by atoms with Crippen LogP contribution in [-0.2, 0) is 0 Å². The lowest BCUT2D eigenvalue weighted by Crippen LogP contribution is -2.36. The number of halogens is 1. The van der Waals surface area contributed by atoms with Crippen molar-refractivity contribution in [1.82, 2.24) is 5.32 Å². The highest BCUT2D eigenvalue weighted by molar-refractivity contribution is 9.10. The maximum Gasteiger partial charge on any atom is 0.251 e. The largest absolute Gasteiger partial charge is 0.507 e. The normalized spacial score (nSPS) is 23.6. The van der Waals surface area contributed by atoms with Crippen LogP contribution in [0.1, 0.15) is 36.5 Å². The van der Waals surface area contributed by atoms with Gasteiger partial charge in [-0.25, -0.2) is 0 Å². The van der Waals surface area contributed by atoms with Gasteiger partial charge < -0.3 is 10.4 Å². The molecule has 92 valence electrons. The molecule has 1 aromatic carbocycles. The Morgan fingerprint density at radius 2 is 2.24 bits per heavy atom. The molecule has 0 aromatic heterocycles. The summed E-state index contributed by atoms with van der Waals surface area (Å²) in [6.07, 6.45) is 3.41. The predicted molar refractivity (Wildman–Crippen MR) is 70.1 cm³/mol. The van der Waals surface area contributed by atoms with Gasteiger partial charge in [-0.3, -0.25) is 4.79 Å². The number of benzene rings is 1. The van der Waals surface area contributed by atoms with E-state index in [1.165, 1.54) is 18.9 Å². The zero-order valence-corrected chi connectivity index (χ0v) is 11.3. The van der Waals surface area contributed by atoms with Crippen LogP contribution in [0, 0.1) is 5.92 Å². The molecule has 2 rings (SSSR count). The van der Waals surface area contributed by atoms with E-state index < -0.39 is 0 Å². The van der Waals surface area contributed by atoms with Gasteiger partial charge in [0.25, 0.3) is 5.91 Å². The summed E-state index contributed by atoms with van der Waals surface area (Å²) < 4.78 is 0.600. The van der Waals surface area contributed by atoms with Crippen LogP contribution in [0.3, 0.4) is 0 Å². The van der Waals surface area contributed by atoms with E-state index in [1.54, 1.807) is 12.1 Å². The molecule has 0 saturated heterocycles. The monoisotopic (exact) mass is 297 g/mol. The van der Waals surface area contributed by atoms with E-state index in [9.17, 15) is 9.90 Å². The van der Waals surface area contributed by atoms with Crippen molar-refractivity contribution in [2.24, 2.45) is 5.92 Å². The molecule has 1 saturated carbocycles. The molecule has 0 radical (unpaired) electrons. The van der Waals surface area contributed by atoms with Crippen molar-refractivity contribution in [1.29, 1.82) is 0 Å². The average Bonchev–Trinajstić information content (AvgIpc) is 2.68. The van der Waals surface area contributed by atoms with Crippen LogP contribution in [0.25, 0.3) is 0 Å². The number of nitrogens with one attached hydrogen (secondary N) is 1. The topological polar surface area (TPSA) is 49.3 Å². The molecule has 1 amide bonds. The number of aromatic hydroxyl groups is 1. The number of carbonyl (C=O) groups is 1. The van der Waals surface area contributed by atoms with E-state index in [-0.39, 0.29) is 17.7 Å². The zero-order valence-electron chi connectivity index (χ0n) is 9.74. The fourth-order valence-corrected chi connectivity index (χ4v) is 2.51. The second-order valence-corrected chi connectivity index (χ2v) is 5.51. The van der Waals surface area contributed by atoms with Gasteiger partial charge in [-0.15, -0.1) is 0 Å². The van der Waals surface area contributed by atoms with Gasteiger partial charge in [0.05, 0.1) is 4.47 Å². The molecule has 0 bridgehead atoms. The van der Waals surface area contributed by atoms with Crippen LogP contribution >= 0.6 is 15.9 Å². The van der Waals surface area contributed by atoms with Gasteiger partial charge in [-0.05, 0) is 52.9 Å². The standard InChI is InChI=1S/C13H16BrNO2/c1-8-3-2-4-11(8)15-13(17)9-5-6-10(14)12(16)7-9/h5-8,11,16H,2-4H2,1H3,(H,15,17). The Morgan fingerprint density at radius 1 is 1.47 bits per heavy atom. The summed E-state index contributed by atoms with van der Waals surface area (Å²) in [5, 5.41) is 12.6. The maximum absolute atomic E-state index is 12.0. The molecular weight excluding hydrogens is 282 g/mol. The Hall–Kier alpha value is -1.03. The molecule has 1 fully saturated rings. The van der Waals surface area contributed by atoms with Crippen LogP contribution < -0.4 is 5.32 Å². The lowest BCUT2D eigenvalue weighted by Gasteiger charge is -2.17. The summed E-state index contributed by atoms with van der Waals surface area (Å²) in [6, 6.07) is 5.15. The van der Waals surface area contributed by atoms with Gasteiger partial charge in [0.2, 0.25) is 0 Å². The van der Waals surface area contributed by atoms with Gasteiger partial charge in [0.15, 0.2) is 0 Å². The third-order valence-corrected chi connectivity index (χ3v) is 4.06. The lowest BCUT2D eigenvalue weighted by atomic mass is 10.1. The summed E-state index contributed by atoms with van der Waals surface area (Å²) in [5.41, 5.74) is 0.504. The quantitative estimate of drug-likeness (QED) is 0.881. The van der Waals surface area contributed by atoms with Crippen LogP contribution in [0.4, 0.5) is 0 Å². The summed E-state index contributed by atoms with van der Waals surface area (Å²) in [6.45, 7) is 2.16. The maximum atomic E-state index is 12.0. The third kappa shape index (κ3) is 2.80. The number of rotatable bonds is 2. The number of hydrogen-bond donors (Lipinski definition) is 2. The van der Waals surface area contributed by atoms with Crippen molar-refractivity contribution in [3.63, 3.8) is 0 Å². The smallest absolute Gasteiger partial charge is 0.251 e. The molecule has 1 aliphatic carbocycles. The number of phenolic OH excluding ortho intramolecular Hbond substituents is 1. The molecular formula is C13H16BrNO2. The number of carbonyl (C=O) groups excluding carboxylic acids is 1. The molecule has 17 heavy (non-hydrogen) atoms. The summed E-state index contributed by atoms with van der Waals surface area (Å²) in [5.74, 6) is 0.534. The van der Waals surface area contributed by atoms with Crippen LogP contribution in [0.5, 0.6) is 5.75 Å². The Balaban J connectivity index is 2.06. The molecule has 1 aliphatic rings. The molecule has 0 aliphatic heterocycles. The molecule has 1 aromatic rings. The van der Waals surface area contributed by atoms with Crippen LogP contribution in [0.2, 0.25) is 0 Å². The van der Waals surface area contributed by atoms with E-state index in [4.69, 9.17) is 0 Å². The predicted octanol–water partition coefficient (Wildman–Crippen LogP) is 3.07. The molecule has 3 nitrogen and oxygen atoms in total. The first-order valence-corrected chi connectivity index (χ1v) is 6.66. The number of phenols is 1. The third-order valence-electron chi connectivity index (χ3n) is 3.39. The highest BCUT2D eigenvalue weighted by Gasteiger charge is 2.25. The molecule has 0 spiro atoms. The fraction of sp³-hybridized carbons (Fsp3) is 0.462. The SMILES string of the molecule is CC1CCCC1NC(=O)c1ccc(Br)c(O)c1. The second kappa shape index (κ2) is 5.08. The van der Waals surface area contributed by atoms with Crippen molar-refractivity contribution in [2.75, 3.05) is 0 Å². The van der Waals surface area contributed by atoms with E-state index in [1.807, 2.05) is 0 Å². The van der Waals surface area contributed by atoms with Gasteiger partial charge in [0, 0.05) is 11.6 Å². The van der Waals surface area contributed by atoms with E-state index in [0.29, 0.717) is 16.0 Å². The van der Waals surface area contributed by atoms with Crippen LogP contribution in [0.15, 0.2) is 22.7 Å². The highest BCUT2D eigenvalue weighted by atomic mass is 79.9. The Labute approximate surface area is 109 Å². The highest BCUT2D eigenvalue weighted by Crippen LogP contribution is 2.26. The van der Waals surface area contributed by atoms with Crippen molar-refractivity contribution in [3.05, 3.63) is 28.2 Å². The molecule has 2 atom stereocenters. The minimum Gasteiger partial charge on any atom is -0.507 e. The summed E-state index contributed by atoms with van der Waals surface area (Å²) in [7, 11) is 0. The Bertz CT molecular complexity index is 433. The van der Waals surface area contributed by atoms with Gasteiger partial charge >= 0.3 is 0 Å². The Morgan fingerprint density at radius 3 is 2.82 bits per heavy atom. The molecule has 4 heteroatoms. The Kier molecular flexibility index (Phi) is 3.72. The number of amides is 1. The van der Waals surface area contributed by atoms with E-state index in [0.717, 1.165) is 6.42 Å². The zero-order chi connectivity index (χ0) is 12.4. The summed E-state index contributed by atoms with van der Waals surface area (Å²) >= 11 is 3.19. The van der Waals surface area contributed by atoms with Crippen molar-refractivity contribution in [2.45, 2.75) is 32.2 Å². The van der Waals surface area contributed by atoms with Gasteiger partial charge in [0.1, 0.15) is 5.75 Å². The van der Waals surface area contributed by atoms with Crippen molar-refractivity contribution in [3.8, 4) is 5.75 Å². The first-order chi connectivity index (χ1) is 8.08. The first kappa shape index (κ1) is 12.4.